The number of nitrogens with zero attached hydrogens (tertiary/aromatic N) is 1. The van der Waals surface area contributed by atoms with Gasteiger partial charge in [-0.1, -0.05) is 20.8 Å². The minimum Gasteiger partial charge on any atom is -0.350 e. The van der Waals surface area contributed by atoms with Gasteiger partial charge in [-0.15, -0.1) is 0 Å². The van der Waals surface area contributed by atoms with Crippen molar-refractivity contribution in [3.05, 3.63) is 0 Å². The maximum absolute atomic E-state index is 13.7. The van der Waals surface area contributed by atoms with Crippen molar-refractivity contribution >= 4 is 29.8 Å². The van der Waals surface area contributed by atoms with Crippen molar-refractivity contribution in [2.75, 3.05) is 7.05 Å². The van der Waals surface area contributed by atoms with Gasteiger partial charge in [-0.05, 0) is 37.5 Å². The lowest BCUT2D eigenvalue weighted by Crippen LogP contribution is -2.60. The van der Waals surface area contributed by atoms with E-state index in [-0.39, 0.29) is 17.9 Å². The molecule has 4 amide bonds. The van der Waals surface area contributed by atoms with Crippen LogP contribution in [0.25, 0.3) is 0 Å². The average Bonchev–Trinajstić information content (AvgIpc) is 3.62. The number of aliphatic imine (C=N–C) groups is 1. The van der Waals surface area contributed by atoms with Crippen molar-refractivity contribution in [2.45, 2.75) is 95.1 Å². The first-order valence-corrected chi connectivity index (χ1v) is 12.5. The molecule has 5 atom stereocenters. The Balaban J connectivity index is 1.73. The molecule has 1 aliphatic heterocycles. The first-order valence-electron chi connectivity index (χ1n) is 12.5. The summed E-state index contributed by atoms with van der Waals surface area (Å²) in [7, 11) is 1.46. The molecule has 14 heteroatoms. The van der Waals surface area contributed by atoms with Crippen LogP contribution in [0.5, 0.6) is 0 Å². The third kappa shape index (κ3) is 7.40. The summed E-state index contributed by atoms with van der Waals surface area (Å²) in [5.74, 6) is -9.09. The van der Waals surface area contributed by atoms with Crippen LogP contribution in [0.4, 0.5) is 22.0 Å². The van der Waals surface area contributed by atoms with Crippen LogP contribution in [0.1, 0.15) is 59.3 Å². The topological polar surface area (TPSA) is 129 Å². The van der Waals surface area contributed by atoms with Gasteiger partial charge in [0, 0.05) is 37.1 Å². The summed E-state index contributed by atoms with van der Waals surface area (Å²) in [5.41, 5.74) is -1.40. The predicted octanol–water partition coefficient (Wildman–Crippen LogP) is 1.85. The van der Waals surface area contributed by atoms with E-state index in [1.165, 1.54) is 34.0 Å². The quantitative estimate of drug-likeness (QED) is 0.244. The first kappa shape index (κ1) is 29.8. The Bertz CT molecular complexity index is 990. The Kier molecular flexibility index (Phi) is 8.14. The molecule has 1 heterocycles. The van der Waals surface area contributed by atoms with Gasteiger partial charge < -0.3 is 21.3 Å². The lowest BCUT2D eigenvalue weighted by molar-refractivity contribution is -0.175. The summed E-state index contributed by atoms with van der Waals surface area (Å²) in [6.45, 7) is 4.22. The maximum Gasteiger partial charge on any atom is 0.471 e. The molecular formula is C24H34F5N5O4. The minimum atomic E-state index is -5.26. The minimum absolute atomic E-state index is 0.151. The molecule has 1 saturated heterocycles. The number of hydrogen-bond donors (Lipinski definition) is 4. The highest BCUT2D eigenvalue weighted by molar-refractivity contribution is 5.94. The molecule has 2 aliphatic carbocycles. The molecule has 0 aromatic carbocycles. The highest BCUT2D eigenvalue weighted by Crippen LogP contribution is 2.51. The third-order valence-corrected chi connectivity index (χ3v) is 7.21. The van der Waals surface area contributed by atoms with Crippen LogP contribution in [0.3, 0.4) is 0 Å². The lowest BCUT2D eigenvalue weighted by atomic mass is 9.85. The summed E-state index contributed by atoms with van der Waals surface area (Å²) in [6.07, 6.45) is -2.28. The maximum atomic E-state index is 13.7. The van der Waals surface area contributed by atoms with Gasteiger partial charge in [0.05, 0.1) is 6.04 Å². The molecule has 3 rings (SSSR count). The van der Waals surface area contributed by atoms with E-state index in [1.807, 2.05) is 0 Å². The van der Waals surface area contributed by atoms with Crippen molar-refractivity contribution in [1.29, 1.82) is 0 Å². The number of alkyl halides is 5. The van der Waals surface area contributed by atoms with E-state index in [9.17, 15) is 41.1 Å². The Morgan fingerprint density at radius 2 is 1.66 bits per heavy atom. The van der Waals surface area contributed by atoms with E-state index < -0.39 is 78.0 Å². The van der Waals surface area contributed by atoms with Gasteiger partial charge in [0.1, 0.15) is 12.1 Å². The van der Waals surface area contributed by atoms with Gasteiger partial charge in [0.15, 0.2) is 0 Å². The van der Waals surface area contributed by atoms with E-state index >= 15 is 0 Å². The Morgan fingerprint density at radius 3 is 2.11 bits per heavy atom. The molecule has 0 aromatic rings. The summed E-state index contributed by atoms with van der Waals surface area (Å²) >= 11 is 0. The van der Waals surface area contributed by atoms with Crippen LogP contribution in [0.15, 0.2) is 4.99 Å². The van der Waals surface area contributed by atoms with Crippen molar-refractivity contribution in [2.24, 2.45) is 22.2 Å². The van der Waals surface area contributed by atoms with Gasteiger partial charge in [-0.2, -0.15) is 13.2 Å². The van der Waals surface area contributed by atoms with E-state index in [1.54, 1.807) is 5.32 Å². The molecule has 0 bridgehead atoms. The summed E-state index contributed by atoms with van der Waals surface area (Å²) in [5, 5.41) is 9.48. The number of hydrogen-bond acceptors (Lipinski definition) is 5. The molecule has 9 nitrogen and oxygen atoms in total. The fourth-order valence-electron chi connectivity index (χ4n) is 4.76. The smallest absolute Gasteiger partial charge is 0.350 e. The molecule has 214 valence electrons. The Morgan fingerprint density at radius 1 is 1.05 bits per heavy atom. The molecule has 38 heavy (non-hydrogen) atoms. The first-order chi connectivity index (χ1) is 17.4. The van der Waals surface area contributed by atoms with E-state index in [4.69, 9.17) is 0 Å². The highest BCUT2D eigenvalue weighted by Gasteiger charge is 2.58. The SMILES string of the molecule is C/N=C/C(CC1CC2(CC2)NC1=O)NC(=O)C(CC1CC1(F)F)NC(=O)C(NC(=O)C(F)(F)F)C(C)(C)C. The predicted molar refractivity (Wildman–Crippen MR) is 126 cm³/mol. The number of carbonyl (C=O) groups is 4. The van der Waals surface area contributed by atoms with Crippen molar-refractivity contribution in [3.8, 4) is 0 Å². The van der Waals surface area contributed by atoms with Gasteiger partial charge in [0.25, 0.3) is 5.92 Å². The molecule has 1 spiro atoms. The van der Waals surface area contributed by atoms with E-state index in [0.717, 1.165) is 12.8 Å². The Labute approximate surface area is 217 Å². The van der Waals surface area contributed by atoms with Crippen LogP contribution in [-0.2, 0) is 19.2 Å². The van der Waals surface area contributed by atoms with Gasteiger partial charge >= 0.3 is 12.1 Å². The fourth-order valence-corrected chi connectivity index (χ4v) is 4.76. The molecule has 3 fully saturated rings. The second kappa shape index (κ2) is 10.4. The molecule has 4 N–H and O–H groups in total. The largest absolute Gasteiger partial charge is 0.471 e. The zero-order valence-electron chi connectivity index (χ0n) is 21.7. The summed E-state index contributed by atoms with van der Waals surface area (Å²) < 4.78 is 65.9. The lowest BCUT2D eigenvalue weighted by Gasteiger charge is -2.32. The second-order valence-corrected chi connectivity index (χ2v) is 11.7. The summed E-state index contributed by atoms with van der Waals surface area (Å²) in [4.78, 5) is 54.0. The zero-order valence-corrected chi connectivity index (χ0v) is 21.7. The number of halogens is 5. The second-order valence-electron chi connectivity index (χ2n) is 11.7. The molecule has 0 radical (unpaired) electrons. The normalized spacial score (nSPS) is 25.9. The molecule has 5 unspecified atom stereocenters. The van der Waals surface area contributed by atoms with Crippen molar-refractivity contribution < 1.29 is 41.1 Å². The number of carbonyl (C=O) groups excluding carboxylic acids is 4. The summed E-state index contributed by atoms with van der Waals surface area (Å²) in [6, 6.07) is -3.98. The Hall–Kier alpha value is -2.80. The van der Waals surface area contributed by atoms with Gasteiger partial charge in [-0.3, -0.25) is 24.2 Å². The number of nitrogens with one attached hydrogen (secondary N) is 4. The zero-order chi connectivity index (χ0) is 28.7. The van der Waals surface area contributed by atoms with Crippen molar-refractivity contribution in [3.63, 3.8) is 0 Å². The molecule has 2 saturated carbocycles. The molecule has 3 aliphatic rings. The fraction of sp³-hybridized carbons (Fsp3) is 0.792. The number of amides is 4. The van der Waals surface area contributed by atoms with Gasteiger partial charge in [-0.25, -0.2) is 8.78 Å². The van der Waals surface area contributed by atoms with Crippen LogP contribution in [0, 0.1) is 17.3 Å². The van der Waals surface area contributed by atoms with E-state index in [2.05, 4.69) is 20.9 Å². The van der Waals surface area contributed by atoms with Gasteiger partial charge in [0.2, 0.25) is 17.7 Å². The average molecular weight is 552 g/mol. The third-order valence-electron chi connectivity index (χ3n) is 7.21. The van der Waals surface area contributed by atoms with Crippen LogP contribution in [-0.4, -0.2) is 72.7 Å². The van der Waals surface area contributed by atoms with Crippen LogP contribution in [0.2, 0.25) is 0 Å². The standard InChI is InChI=1S/C24H34F5N5O4/c1-21(2,3)16(33-20(38)24(27,28)29)19(37)32-15(8-13-10-23(13,25)26)18(36)31-14(11-30-4)7-12-9-22(5-6-22)34-17(12)35/h11-16H,5-10H2,1-4H3,(H,31,36)(H,32,37)(H,33,38)(H,34,35)/b30-11+. The van der Waals surface area contributed by atoms with Crippen LogP contribution < -0.4 is 21.3 Å². The molecular weight excluding hydrogens is 517 g/mol. The monoisotopic (exact) mass is 551 g/mol. The van der Waals surface area contributed by atoms with Crippen molar-refractivity contribution in [1.82, 2.24) is 21.3 Å². The van der Waals surface area contributed by atoms with Crippen LogP contribution >= 0.6 is 0 Å². The molecule has 0 aromatic heterocycles. The highest BCUT2D eigenvalue weighted by atomic mass is 19.4. The number of rotatable bonds is 10. The van der Waals surface area contributed by atoms with E-state index in [0.29, 0.717) is 6.42 Å².